The minimum Gasteiger partial charge on any atom is -0.322 e. The fourth-order valence-corrected chi connectivity index (χ4v) is 2.87. The molecule has 0 bridgehead atoms. The van der Waals surface area contributed by atoms with Crippen LogP contribution in [0.15, 0.2) is 79.0 Å². The van der Waals surface area contributed by atoms with Gasteiger partial charge < -0.3 is 5.32 Å². The van der Waals surface area contributed by atoms with Gasteiger partial charge in [-0.05, 0) is 36.4 Å². The van der Waals surface area contributed by atoms with Crippen molar-refractivity contribution in [2.45, 2.75) is 0 Å². The lowest BCUT2D eigenvalue weighted by Gasteiger charge is -2.10. The van der Waals surface area contributed by atoms with Crippen molar-refractivity contribution >= 4 is 28.2 Å². The molecule has 136 valence electrons. The number of nitrogens with one attached hydrogen (secondary N) is 1. The maximum absolute atomic E-state index is 12.9. The van der Waals surface area contributed by atoms with E-state index < -0.39 is 4.92 Å². The number of benzene rings is 2. The minimum absolute atomic E-state index is 0.0372. The minimum atomic E-state index is -0.485. The predicted octanol–water partition coefficient (Wildman–Crippen LogP) is 4.46. The second-order valence-corrected chi connectivity index (χ2v) is 6.05. The lowest BCUT2D eigenvalue weighted by Crippen LogP contribution is -2.13. The number of hydrogen-bond acceptors (Lipinski definition) is 5. The first-order valence-corrected chi connectivity index (χ1v) is 8.49. The molecule has 7 nitrogen and oxygen atoms in total. The SMILES string of the molecule is O=C(Nc1ccc([N+](=O)[O-])cc1)c1cc(-c2ccccn2)nc2ccccc12. The van der Waals surface area contributed by atoms with E-state index in [4.69, 9.17) is 0 Å². The zero-order valence-corrected chi connectivity index (χ0v) is 14.6. The molecule has 0 atom stereocenters. The molecule has 1 N–H and O–H groups in total. The number of aromatic nitrogens is 2. The number of carbonyl (C=O) groups is 1. The Balaban J connectivity index is 1.74. The highest BCUT2D eigenvalue weighted by Crippen LogP contribution is 2.25. The van der Waals surface area contributed by atoms with Gasteiger partial charge in [-0.15, -0.1) is 0 Å². The number of nitro groups is 1. The molecule has 4 rings (SSSR count). The second kappa shape index (κ2) is 7.24. The summed E-state index contributed by atoms with van der Waals surface area (Å²) in [6.45, 7) is 0. The number of pyridine rings is 2. The maximum Gasteiger partial charge on any atom is 0.269 e. The van der Waals surface area contributed by atoms with Crippen LogP contribution in [-0.4, -0.2) is 20.8 Å². The van der Waals surface area contributed by atoms with Crippen LogP contribution in [0.5, 0.6) is 0 Å². The molecule has 0 aliphatic heterocycles. The summed E-state index contributed by atoms with van der Waals surface area (Å²) in [4.78, 5) is 32.1. The Hall–Kier alpha value is -4.13. The van der Waals surface area contributed by atoms with Crippen LogP contribution in [0.3, 0.4) is 0 Å². The normalized spacial score (nSPS) is 10.6. The Bertz CT molecular complexity index is 1180. The van der Waals surface area contributed by atoms with E-state index in [0.717, 1.165) is 0 Å². The highest BCUT2D eigenvalue weighted by molar-refractivity contribution is 6.13. The van der Waals surface area contributed by atoms with E-state index in [0.29, 0.717) is 33.5 Å². The Morgan fingerprint density at radius 3 is 2.39 bits per heavy atom. The Labute approximate surface area is 159 Å². The molecule has 0 spiro atoms. The summed E-state index contributed by atoms with van der Waals surface area (Å²) < 4.78 is 0. The number of nitro benzene ring substituents is 1. The predicted molar refractivity (Wildman–Crippen MR) is 106 cm³/mol. The quantitative estimate of drug-likeness (QED) is 0.422. The molecule has 4 aromatic rings. The van der Waals surface area contributed by atoms with Gasteiger partial charge in [0.2, 0.25) is 0 Å². The fraction of sp³-hybridized carbons (Fsp3) is 0. The van der Waals surface area contributed by atoms with Crippen LogP contribution >= 0.6 is 0 Å². The van der Waals surface area contributed by atoms with Crippen LogP contribution in [0.2, 0.25) is 0 Å². The Morgan fingerprint density at radius 2 is 1.68 bits per heavy atom. The van der Waals surface area contributed by atoms with Crippen LogP contribution in [0.25, 0.3) is 22.3 Å². The van der Waals surface area contributed by atoms with Crippen molar-refractivity contribution in [3.05, 3.63) is 94.7 Å². The van der Waals surface area contributed by atoms with Gasteiger partial charge in [-0.3, -0.25) is 19.9 Å². The number of anilines is 1. The van der Waals surface area contributed by atoms with Crippen molar-refractivity contribution in [1.29, 1.82) is 0 Å². The summed E-state index contributed by atoms with van der Waals surface area (Å²) in [6.07, 6.45) is 1.67. The largest absolute Gasteiger partial charge is 0.322 e. The van der Waals surface area contributed by atoms with E-state index >= 15 is 0 Å². The molecule has 1 amide bonds. The Kier molecular flexibility index (Phi) is 4.47. The first-order valence-electron chi connectivity index (χ1n) is 8.49. The smallest absolute Gasteiger partial charge is 0.269 e. The standard InChI is InChI=1S/C21H14N4O3/c26-21(23-14-8-10-15(11-9-14)25(27)28)17-13-20(19-7-3-4-12-22-19)24-18-6-2-1-5-16(17)18/h1-13H,(H,23,26). The molecule has 2 aromatic carbocycles. The molecule has 2 heterocycles. The van der Waals surface area contributed by atoms with Crippen molar-refractivity contribution < 1.29 is 9.72 Å². The number of rotatable bonds is 4. The van der Waals surface area contributed by atoms with Crippen molar-refractivity contribution in [3.63, 3.8) is 0 Å². The van der Waals surface area contributed by atoms with Crippen molar-refractivity contribution in [1.82, 2.24) is 9.97 Å². The first-order chi connectivity index (χ1) is 13.6. The van der Waals surface area contributed by atoms with Crippen LogP contribution in [-0.2, 0) is 0 Å². The molecule has 0 saturated heterocycles. The molecule has 2 aromatic heterocycles. The highest BCUT2D eigenvalue weighted by atomic mass is 16.6. The zero-order chi connectivity index (χ0) is 19.5. The van der Waals surface area contributed by atoms with E-state index in [-0.39, 0.29) is 11.6 Å². The van der Waals surface area contributed by atoms with Crippen LogP contribution < -0.4 is 5.32 Å². The number of nitrogens with zero attached hydrogens (tertiary/aromatic N) is 3. The van der Waals surface area contributed by atoms with Crippen LogP contribution in [0, 0.1) is 10.1 Å². The maximum atomic E-state index is 12.9. The van der Waals surface area contributed by atoms with Gasteiger partial charge >= 0.3 is 0 Å². The van der Waals surface area contributed by atoms with Gasteiger partial charge in [0.15, 0.2) is 0 Å². The molecule has 0 aliphatic rings. The number of hydrogen-bond donors (Lipinski definition) is 1. The molecule has 0 radical (unpaired) electrons. The number of para-hydroxylation sites is 1. The zero-order valence-electron chi connectivity index (χ0n) is 14.6. The number of fused-ring (bicyclic) bond motifs is 1. The van der Waals surface area contributed by atoms with Gasteiger partial charge in [0.1, 0.15) is 0 Å². The molecular weight excluding hydrogens is 356 g/mol. The van der Waals surface area contributed by atoms with Gasteiger partial charge in [0, 0.05) is 29.4 Å². The third-order valence-electron chi connectivity index (χ3n) is 4.22. The monoisotopic (exact) mass is 370 g/mol. The van der Waals surface area contributed by atoms with Crippen molar-refractivity contribution in [2.75, 3.05) is 5.32 Å². The summed E-state index contributed by atoms with van der Waals surface area (Å²) in [5.74, 6) is -0.329. The van der Waals surface area contributed by atoms with Crippen LogP contribution in [0.4, 0.5) is 11.4 Å². The molecule has 7 heteroatoms. The number of non-ortho nitro benzene ring substituents is 1. The van der Waals surface area contributed by atoms with Gasteiger partial charge in [-0.2, -0.15) is 0 Å². The van der Waals surface area contributed by atoms with E-state index in [1.54, 1.807) is 12.3 Å². The third-order valence-corrected chi connectivity index (χ3v) is 4.22. The molecule has 0 unspecified atom stereocenters. The summed E-state index contributed by atoms with van der Waals surface area (Å²) >= 11 is 0. The summed E-state index contributed by atoms with van der Waals surface area (Å²) in [6, 6.07) is 20.3. The summed E-state index contributed by atoms with van der Waals surface area (Å²) in [7, 11) is 0. The Morgan fingerprint density at radius 1 is 0.929 bits per heavy atom. The summed E-state index contributed by atoms with van der Waals surface area (Å²) in [5.41, 5.74) is 2.82. The molecular formula is C21H14N4O3. The fourth-order valence-electron chi connectivity index (χ4n) is 2.87. The lowest BCUT2D eigenvalue weighted by atomic mass is 10.1. The van der Waals surface area contributed by atoms with Gasteiger partial charge in [-0.1, -0.05) is 24.3 Å². The van der Waals surface area contributed by atoms with Crippen molar-refractivity contribution in [2.24, 2.45) is 0 Å². The van der Waals surface area contributed by atoms with E-state index in [2.05, 4.69) is 15.3 Å². The van der Waals surface area contributed by atoms with Crippen molar-refractivity contribution in [3.8, 4) is 11.4 Å². The molecule has 0 aliphatic carbocycles. The van der Waals surface area contributed by atoms with Gasteiger partial charge in [-0.25, -0.2) is 4.98 Å². The molecule has 0 saturated carbocycles. The topological polar surface area (TPSA) is 98.0 Å². The van der Waals surface area contributed by atoms with E-state index in [9.17, 15) is 14.9 Å². The van der Waals surface area contributed by atoms with Crippen LogP contribution in [0.1, 0.15) is 10.4 Å². The summed E-state index contributed by atoms with van der Waals surface area (Å²) in [5, 5.41) is 14.3. The average Bonchev–Trinajstić information content (AvgIpc) is 2.74. The van der Waals surface area contributed by atoms with E-state index in [1.807, 2.05) is 42.5 Å². The lowest BCUT2D eigenvalue weighted by molar-refractivity contribution is -0.384. The molecule has 0 fully saturated rings. The first kappa shape index (κ1) is 17.3. The number of carbonyl (C=O) groups excluding carboxylic acids is 1. The van der Waals surface area contributed by atoms with Gasteiger partial charge in [0.25, 0.3) is 11.6 Å². The highest BCUT2D eigenvalue weighted by Gasteiger charge is 2.15. The average molecular weight is 370 g/mol. The third kappa shape index (κ3) is 3.41. The molecule has 28 heavy (non-hydrogen) atoms. The second-order valence-electron chi connectivity index (χ2n) is 6.05. The van der Waals surface area contributed by atoms with E-state index in [1.165, 1.54) is 24.3 Å². The van der Waals surface area contributed by atoms with Gasteiger partial charge in [0.05, 0.1) is 27.4 Å². The number of amides is 1.